The fraction of sp³-hybridized carbons (Fsp3) is 0.323. The van der Waals surface area contributed by atoms with Crippen molar-refractivity contribution in [2.45, 2.75) is 50.7 Å². The molecule has 0 spiro atoms. The number of carbonyl (C=O) groups excluding carboxylic acids is 1. The summed E-state index contributed by atoms with van der Waals surface area (Å²) in [6.45, 7) is 1.83. The van der Waals surface area contributed by atoms with Crippen LogP contribution in [0.4, 0.5) is 5.69 Å². The van der Waals surface area contributed by atoms with Gasteiger partial charge in [-0.05, 0) is 48.9 Å². The fourth-order valence-electron chi connectivity index (χ4n) is 4.94. The summed E-state index contributed by atoms with van der Waals surface area (Å²) in [6, 6.07) is 25.4. The number of para-hydroxylation sites is 1. The molecule has 0 saturated carbocycles. The Balaban J connectivity index is 0.00000462. The molecule has 214 valence electrons. The molecule has 1 saturated heterocycles. The van der Waals surface area contributed by atoms with E-state index >= 15 is 0 Å². The molecule has 0 bridgehead atoms. The van der Waals surface area contributed by atoms with Crippen LogP contribution in [-0.4, -0.2) is 52.8 Å². The Kier molecular flexibility index (Phi) is 12.6. The normalized spacial score (nSPS) is 15.8. The van der Waals surface area contributed by atoms with Gasteiger partial charge in [0.25, 0.3) is 0 Å². The van der Waals surface area contributed by atoms with E-state index in [1.54, 1.807) is 6.07 Å². The fourth-order valence-corrected chi connectivity index (χ4v) is 4.94. The number of hydrogen-bond donors (Lipinski definition) is 1. The molecule has 10 heteroatoms. The van der Waals surface area contributed by atoms with Crippen molar-refractivity contribution < 1.29 is 31.2 Å². The molecule has 41 heavy (non-hydrogen) atoms. The zero-order valence-corrected chi connectivity index (χ0v) is 23.6. The molecule has 1 amide bonds. The van der Waals surface area contributed by atoms with Gasteiger partial charge in [0.2, 0.25) is 0 Å². The molecule has 1 aliphatic heterocycles. The van der Waals surface area contributed by atoms with Crippen molar-refractivity contribution in [3.8, 4) is 0 Å². The maximum absolute atomic E-state index is 13.5. The van der Waals surface area contributed by atoms with Crippen LogP contribution in [0.15, 0.2) is 95.0 Å². The predicted molar refractivity (Wildman–Crippen MR) is 156 cm³/mol. The molecule has 4 rings (SSSR count). The van der Waals surface area contributed by atoms with E-state index < -0.39 is 12.0 Å². The van der Waals surface area contributed by atoms with Crippen molar-refractivity contribution in [3.63, 3.8) is 0 Å². The van der Waals surface area contributed by atoms with Crippen molar-refractivity contribution in [3.05, 3.63) is 117 Å². The van der Waals surface area contributed by atoms with E-state index in [0.717, 1.165) is 30.5 Å². The minimum atomic E-state index is -1.04. The minimum Gasteiger partial charge on any atom is -0.625 e. The second kappa shape index (κ2) is 16.3. The van der Waals surface area contributed by atoms with Crippen molar-refractivity contribution in [1.29, 1.82) is 0 Å². The Morgan fingerprint density at radius 3 is 2.39 bits per heavy atom. The first kappa shape index (κ1) is 31.6. The number of hydrogen-bond acceptors (Lipinski definition) is 5. The molecular weight excluding hydrogens is 563 g/mol. The molecule has 0 unspecified atom stereocenters. The van der Waals surface area contributed by atoms with Crippen LogP contribution in [0.5, 0.6) is 0 Å². The van der Waals surface area contributed by atoms with E-state index in [9.17, 15) is 14.7 Å². The zero-order valence-electron chi connectivity index (χ0n) is 22.7. The quantitative estimate of drug-likeness (QED) is 0.0591. The molecule has 0 aliphatic carbocycles. The van der Waals surface area contributed by atoms with Crippen LogP contribution in [0.2, 0.25) is 0 Å². The van der Waals surface area contributed by atoms with Gasteiger partial charge >= 0.3 is 22.5 Å². The van der Waals surface area contributed by atoms with Crippen molar-refractivity contribution in [1.82, 2.24) is 4.90 Å². The van der Waals surface area contributed by atoms with Crippen molar-refractivity contribution in [2.75, 3.05) is 13.1 Å². The largest absolute Gasteiger partial charge is 2.00 e. The van der Waals surface area contributed by atoms with E-state index in [2.05, 4.69) is 32.4 Å². The number of azide groups is 1. The van der Waals surface area contributed by atoms with Crippen LogP contribution in [0.3, 0.4) is 0 Å². The average molecular weight is 596 g/mol. The van der Waals surface area contributed by atoms with Gasteiger partial charge in [-0.2, -0.15) is 0 Å². The summed E-state index contributed by atoms with van der Waals surface area (Å²) in [5.41, 5.74) is 11.9. The third-order valence-corrected chi connectivity index (χ3v) is 6.93. The molecule has 3 aromatic carbocycles. The van der Waals surface area contributed by atoms with Gasteiger partial charge in [-0.15, -0.1) is 5.69 Å². The van der Waals surface area contributed by atoms with Gasteiger partial charge in [0.15, 0.2) is 0 Å². The summed E-state index contributed by atoms with van der Waals surface area (Å²) < 4.78 is 0. The first-order valence-electron chi connectivity index (χ1n) is 13.6. The number of benzene rings is 3. The topological polar surface area (TPSA) is 133 Å². The van der Waals surface area contributed by atoms with E-state index in [1.807, 2.05) is 66.7 Å². The molecule has 3 aromatic rings. The number of aliphatic imine (C=N–C) groups is 1. The molecule has 1 fully saturated rings. The molecule has 1 N–H and O–H groups in total. The average Bonchev–Trinajstić information content (AvgIpc) is 3.44. The Morgan fingerprint density at radius 1 is 1.00 bits per heavy atom. The van der Waals surface area contributed by atoms with Gasteiger partial charge in [-0.25, -0.2) is 4.79 Å². The van der Waals surface area contributed by atoms with E-state index in [0.29, 0.717) is 49.3 Å². The van der Waals surface area contributed by atoms with Gasteiger partial charge in [-0.3, -0.25) is 9.89 Å². The number of rotatable bonds is 13. The van der Waals surface area contributed by atoms with Crippen LogP contribution in [0.1, 0.15) is 48.8 Å². The summed E-state index contributed by atoms with van der Waals surface area (Å²) in [4.78, 5) is 35.3. The molecule has 0 aromatic heterocycles. The van der Waals surface area contributed by atoms with Crippen LogP contribution < -0.4 is 0 Å². The number of carboxylic acids is 1. The van der Waals surface area contributed by atoms with Crippen LogP contribution in [0.25, 0.3) is 15.8 Å². The third-order valence-electron chi connectivity index (χ3n) is 6.93. The number of unbranched alkanes of at least 4 members (excludes halogenated alkanes) is 1. The second-order valence-electron chi connectivity index (χ2n) is 9.73. The summed E-state index contributed by atoms with van der Waals surface area (Å²) in [7, 11) is 0. The van der Waals surface area contributed by atoms with E-state index in [4.69, 9.17) is 10.5 Å². The van der Waals surface area contributed by atoms with Crippen molar-refractivity contribution in [2.24, 2.45) is 10.1 Å². The molecule has 2 atom stereocenters. The number of carbonyl (C=O) groups is 2. The molecule has 9 nitrogen and oxygen atoms in total. The minimum absolute atomic E-state index is 0. The van der Waals surface area contributed by atoms with Crippen LogP contribution in [0, 0.1) is 0 Å². The van der Waals surface area contributed by atoms with Crippen molar-refractivity contribution >= 4 is 23.3 Å². The van der Waals surface area contributed by atoms with E-state index in [-0.39, 0.29) is 28.4 Å². The maximum Gasteiger partial charge on any atom is 2.00 e. The SMILES string of the molecule is [N-]=[N+]=NCCCC[C@@H](N=C(c1ccccc1)c1ccccc1[N-]C(=O)[C@@H]1CCCN1Cc1ccccc1)C(=O)O.[Ni+2]. The number of nitrogens with zero attached hydrogens (tertiary/aromatic N) is 6. The summed E-state index contributed by atoms with van der Waals surface area (Å²) >= 11 is 0. The standard InChI is InChI=1S/C31H34N6O3.Ni/c32-36-33-20-10-9-18-27(31(39)40)34-29(24-14-5-2-6-15-24)25-16-7-8-17-26(25)35-30(38)28-19-11-21-37(28)22-23-12-3-1-4-13-23;/h1-8,12-17,27-28H,9-11,18-22H2,(H2,34,35,38,39,40);/q;+2/p-1/t27-,28+;/m1./s1. The number of carboxylic acid groups (broad SMARTS) is 1. The van der Waals surface area contributed by atoms with Gasteiger partial charge in [0, 0.05) is 23.6 Å². The molecule has 1 heterocycles. The summed E-state index contributed by atoms with van der Waals surface area (Å²) in [6.07, 6.45) is 3.09. The van der Waals surface area contributed by atoms with E-state index in [1.165, 1.54) is 0 Å². The molecule has 1 aliphatic rings. The second-order valence-corrected chi connectivity index (χ2v) is 9.73. The third kappa shape index (κ3) is 9.02. The maximum atomic E-state index is 13.5. The van der Waals surface area contributed by atoms with Gasteiger partial charge in [0.1, 0.15) is 6.04 Å². The summed E-state index contributed by atoms with van der Waals surface area (Å²) in [5, 5.41) is 18.0. The van der Waals surface area contributed by atoms with Gasteiger partial charge in [-0.1, -0.05) is 96.5 Å². The first-order valence-corrected chi connectivity index (χ1v) is 13.6. The summed E-state index contributed by atoms with van der Waals surface area (Å²) in [5.74, 6) is -1.24. The first-order chi connectivity index (χ1) is 19.6. The Morgan fingerprint density at radius 2 is 1.68 bits per heavy atom. The Hall–Kier alpha value is -3.97. The van der Waals surface area contributed by atoms with Gasteiger partial charge < -0.3 is 15.2 Å². The number of likely N-dealkylation sites (tertiary alicyclic amines) is 1. The molecule has 0 radical (unpaired) electrons. The Bertz CT molecular complexity index is 1360. The molecular formula is C31H33N6NiO3+. The number of amides is 1. The van der Waals surface area contributed by atoms with Crippen LogP contribution >= 0.6 is 0 Å². The zero-order chi connectivity index (χ0) is 28.2. The monoisotopic (exact) mass is 595 g/mol. The predicted octanol–water partition coefficient (Wildman–Crippen LogP) is 6.65. The smallest absolute Gasteiger partial charge is 0.625 e. The van der Waals surface area contributed by atoms with Crippen LogP contribution in [-0.2, 0) is 32.6 Å². The Labute approximate surface area is 250 Å². The van der Waals surface area contributed by atoms with Gasteiger partial charge in [0.05, 0.1) is 17.7 Å². The number of aliphatic carboxylic acids is 1.